The minimum atomic E-state index is -0.640. The summed E-state index contributed by atoms with van der Waals surface area (Å²) < 4.78 is 0. The minimum absolute atomic E-state index is 0.147. The number of urea groups is 1. The smallest absolute Gasteiger partial charge is 0.343 e. The van der Waals surface area contributed by atoms with E-state index in [-0.39, 0.29) is 18.7 Å². The zero-order chi connectivity index (χ0) is 15.0. The maximum absolute atomic E-state index is 12.1. The zero-order valence-electron chi connectivity index (χ0n) is 10.8. The Kier molecular flexibility index (Phi) is 3.26. The van der Waals surface area contributed by atoms with Crippen molar-refractivity contribution < 1.29 is 14.4 Å². The Morgan fingerprint density at radius 1 is 1.29 bits per heavy atom. The fourth-order valence-electron chi connectivity index (χ4n) is 2.08. The molecular weight excluding hydrogens is 296 g/mol. The largest absolute Gasteiger partial charge is 0.350 e. The van der Waals surface area contributed by atoms with Crippen LogP contribution in [-0.2, 0) is 4.79 Å². The monoisotopic (exact) mass is 306 g/mol. The van der Waals surface area contributed by atoms with E-state index in [4.69, 9.17) is 11.6 Å². The highest BCUT2D eigenvalue weighted by atomic mass is 35.5. The van der Waals surface area contributed by atoms with E-state index in [1.807, 2.05) is 0 Å². The summed E-state index contributed by atoms with van der Waals surface area (Å²) in [7, 11) is 0. The Bertz CT molecular complexity index is 739. The fraction of sp³-hybridized carbons (Fsp3) is 0.154. The number of rotatable bonds is 2. The third-order valence-corrected chi connectivity index (χ3v) is 3.34. The number of aromatic amines is 1. The summed E-state index contributed by atoms with van der Waals surface area (Å²) in [5, 5.41) is 4.48. The molecule has 4 amide bonds. The molecule has 0 unspecified atom stereocenters. The van der Waals surface area contributed by atoms with Crippen LogP contribution >= 0.6 is 11.6 Å². The molecule has 0 radical (unpaired) electrons. The van der Waals surface area contributed by atoms with Crippen molar-refractivity contribution in [2.45, 2.75) is 6.42 Å². The number of carbonyl (C=O) groups is 3. The van der Waals surface area contributed by atoms with Gasteiger partial charge in [0.2, 0.25) is 0 Å². The second-order valence-electron chi connectivity index (χ2n) is 4.57. The van der Waals surface area contributed by atoms with Crippen LogP contribution < -0.4 is 10.7 Å². The van der Waals surface area contributed by atoms with E-state index in [0.29, 0.717) is 10.0 Å². The molecule has 1 aliphatic heterocycles. The highest BCUT2D eigenvalue weighted by molar-refractivity contribution is 6.31. The lowest BCUT2D eigenvalue weighted by molar-refractivity contribution is -0.131. The van der Waals surface area contributed by atoms with Crippen molar-refractivity contribution >= 4 is 40.3 Å². The number of imide groups is 1. The average molecular weight is 307 g/mol. The third kappa shape index (κ3) is 2.55. The summed E-state index contributed by atoms with van der Waals surface area (Å²) in [6, 6.07) is 6.11. The number of hydrazine groups is 1. The van der Waals surface area contributed by atoms with Crippen LogP contribution in [0.3, 0.4) is 0 Å². The molecule has 2 heterocycles. The summed E-state index contributed by atoms with van der Waals surface area (Å²) in [5.74, 6) is -1.03. The van der Waals surface area contributed by atoms with E-state index >= 15 is 0 Å². The average Bonchev–Trinajstić information content (AvgIpc) is 2.86. The normalized spacial score (nSPS) is 15.2. The van der Waals surface area contributed by atoms with E-state index in [1.165, 1.54) is 0 Å². The van der Waals surface area contributed by atoms with Crippen molar-refractivity contribution in [1.29, 1.82) is 0 Å². The zero-order valence-corrected chi connectivity index (χ0v) is 11.5. The lowest BCUT2D eigenvalue weighted by Gasteiger charge is -2.25. The SMILES string of the molecule is O=C(NN1C(=O)CCNC1=O)c1cc2cc(Cl)ccc2[nH]1. The van der Waals surface area contributed by atoms with Crippen LogP contribution in [0.4, 0.5) is 4.79 Å². The Morgan fingerprint density at radius 3 is 2.86 bits per heavy atom. The van der Waals surface area contributed by atoms with E-state index in [2.05, 4.69) is 15.7 Å². The number of amides is 4. The van der Waals surface area contributed by atoms with Gasteiger partial charge < -0.3 is 10.3 Å². The van der Waals surface area contributed by atoms with Gasteiger partial charge in [-0.25, -0.2) is 4.79 Å². The standard InChI is InChI=1S/C13H11ClN4O3/c14-8-1-2-9-7(5-8)6-10(16-9)12(20)17-18-11(19)3-4-15-13(18)21/h1-2,5-6,16H,3-4H2,(H,15,21)(H,17,20). The van der Waals surface area contributed by atoms with Crippen molar-refractivity contribution in [2.24, 2.45) is 0 Å². The minimum Gasteiger partial charge on any atom is -0.350 e. The highest BCUT2D eigenvalue weighted by Crippen LogP contribution is 2.20. The molecule has 3 rings (SSSR count). The Labute approximate surface area is 124 Å². The molecule has 0 aliphatic carbocycles. The van der Waals surface area contributed by atoms with Gasteiger partial charge in [-0.1, -0.05) is 11.6 Å². The van der Waals surface area contributed by atoms with Gasteiger partial charge in [0.15, 0.2) is 0 Å². The summed E-state index contributed by atoms with van der Waals surface area (Å²) in [4.78, 5) is 38.2. The molecule has 21 heavy (non-hydrogen) atoms. The maximum Gasteiger partial charge on any atom is 0.343 e. The number of nitrogens with zero attached hydrogens (tertiary/aromatic N) is 1. The lowest BCUT2D eigenvalue weighted by atomic mass is 10.2. The quantitative estimate of drug-likeness (QED) is 0.783. The summed E-state index contributed by atoms with van der Waals surface area (Å²) >= 11 is 5.88. The molecule has 0 spiro atoms. The van der Waals surface area contributed by atoms with Gasteiger partial charge >= 0.3 is 6.03 Å². The van der Waals surface area contributed by atoms with Gasteiger partial charge in [0.05, 0.1) is 0 Å². The fourth-order valence-corrected chi connectivity index (χ4v) is 2.26. The first-order valence-corrected chi connectivity index (χ1v) is 6.62. The summed E-state index contributed by atoms with van der Waals surface area (Å²) in [5.41, 5.74) is 3.25. The molecule has 7 nitrogen and oxygen atoms in total. The number of fused-ring (bicyclic) bond motifs is 1. The molecule has 8 heteroatoms. The number of hydrogen-bond acceptors (Lipinski definition) is 3. The number of nitrogens with one attached hydrogen (secondary N) is 3. The van der Waals surface area contributed by atoms with Crippen LogP contribution in [0, 0.1) is 0 Å². The third-order valence-electron chi connectivity index (χ3n) is 3.11. The van der Waals surface area contributed by atoms with Crippen molar-refractivity contribution in [1.82, 2.24) is 20.7 Å². The van der Waals surface area contributed by atoms with Gasteiger partial charge in [-0.05, 0) is 24.3 Å². The highest BCUT2D eigenvalue weighted by Gasteiger charge is 2.28. The number of H-pyrrole nitrogens is 1. The first-order valence-electron chi connectivity index (χ1n) is 6.24. The van der Waals surface area contributed by atoms with E-state index in [1.54, 1.807) is 24.3 Å². The van der Waals surface area contributed by atoms with Crippen LogP contribution in [0.25, 0.3) is 10.9 Å². The van der Waals surface area contributed by atoms with E-state index in [0.717, 1.165) is 10.9 Å². The molecule has 0 bridgehead atoms. The van der Waals surface area contributed by atoms with Crippen molar-refractivity contribution in [2.75, 3.05) is 6.54 Å². The molecule has 1 aromatic carbocycles. The first kappa shape index (κ1) is 13.4. The predicted octanol–water partition coefficient (Wildman–Crippen LogP) is 1.41. The van der Waals surface area contributed by atoms with Gasteiger partial charge in [0.25, 0.3) is 11.8 Å². The van der Waals surface area contributed by atoms with E-state index < -0.39 is 17.8 Å². The Balaban J connectivity index is 1.83. The topological polar surface area (TPSA) is 94.3 Å². The van der Waals surface area contributed by atoms with Gasteiger partial charge in [-0.3, -0.25) is 15.0 Å². The summed E-state index contributed by atoms with van der Waals surface area (Å²) in [6.07, 6.45) is 0.147. The van der Waals surface area contributed by atoms with Gasteiger partial charge in [-0.2, -0.15) is 5.01 Å². The number of aromatic nitrogens is 1. The second kappa shape index (κ2) is 5.10. The van der Waals surface area contributed by atoms with E-state index in [9.17, 15) is 14.4 Å². The number of halogens is 1. The Hall–Kier alpha value is -2.54. The van der Waals surface area contributed by atoms with Crippen molar-refractivity contribution in [3.05, 3.63) is 35.0 Å². The molecule has 1 aromatic heterocycles. The number of carbonyl (C=O) groups excluding carboxylic acids is 3. The van der Waals surface area contributed by atoms with Crippen LogP contribution in [0.15, 0.2) is 24.3 Å². The molecule has 108 valence electrons. The Morgan fingerprint density at radius 2 is 2.10 bits per heavy atom. The lowest BCUT2D eigenvalue weighted by Crippen LogP contribution is -2.57. The van der Waals surface area contributed by atoms with Crippen LogP contribution in [0.5, 0.6) is 0 Å². The molecular formula is C13H11ClN4O3. The molecule has 1 fully saturated rings. The van der Waals surface area contributed by atoms with Crippen LogP contribution in [0.2, 0.25) is 5.02 Å². The molecule has 3 N–H and O–H groups in total. The maximum atomic E-state index is 12.1. The molecule has 1 saturated heterocycles. The predicted molar refractivity (Wildman–Crippen MR) is 75.6 cm³/mol. The summed E-state index contributed by atoms with van der Waals surface area (Å²) in [6.45, 7) is 0.273. The molecule has 0 saturated carbocycles. The second-order valence-corrected chi connectivity index (χ2v) is 5.00. The molecule has 2 aromatic rings. The van der Waals surface area contributed by atoms with Crippen LogP contribution in [0.1, 0.15) is 16.9 Å². The number of benzene rings is 1. The number of hydrogen-bond donors (Lipinski definition) is 3. The molecule has 0 atom stereocenters. The van der Waals surface area contributed by atoms with Crippen LogP contribution in [-0.4, -0.2) is 34.4 Å². The van der Waals surface area contributed by atoms with Gasteiger partial charge in [0.1, 0.15) is 5.69 Å². The first-order chi connectivity index (χ1) is 10.0. The van der Waals surface area contributed by atoms with Crippen molar-refractivity contribution in [3.63, 3.8) is 0 Å². The van der Waals surface area contributed by atoms with Gasteiger partial charge in [-0.15, -0.1) is 0 Å². The van der Waals surface area contributed by atoms with Gasteiger partial charge in [0, 0.05) is 28.9 Å². The molecule has 1 aliphatic rings. The van der Waals surface area contributed by atoms with Crippen molar-refractivity contribution in [3.8, 4) is 0 Å².